The van der Waals surface area contributed by atoms with Crippen molar-refractivity contribution in [2.24, 2.45) is 5.92 Å². The lowest BCUT2D eigenvalue weighted by Gasteiger charge is -2.37. The van der Waals surface area contributed by atoms with E-state index >= 15 is 0 Å². The minimum Gasteiger partial charge on any atom is -0.444 e. The van der Waals surface area contributed by atoms with Crippen molar-refractivity contribution in [3.63, 3.8) is 0 Å². The molecule has 0 saturated heterocycles. The fourth-order valence-electron chi connectivity index (χ4n) is 2.60. The summed E-state index contributed by atoms with van der Waals surface area (Å²) in [6.07, 6.45) is 1.75. The summed E-state index contributed by atoms with van der Waals surface area (Å²) in [4.78, 5) is 15.7. The van der Waals surface area contributed by atoms with Crippen LogP contribution in [0.25, 0.3) is 0 Å². The van der Waals surface area contributed by atoms with Gasteiger partial charge in [0.25, 0.3) is 0 Å². The van der Waals surface area contributed by atoms with E-state index in [1.807, 2.05) is 25.7 Å². The highest BCUT2D eigenvalue weighted by molar-refractivity contribution is 7.10. The molecule has 0 bridgehead atoms. The van der Waals surface area contributed by atoms with Crippen molar-refractivity contribution in [2.45, 2.75) is 59.1 Å². The number of rotatable bonds is 2. The van der Waals surface area contributed by atoms with Crippen LogP contribution in [0.1, 0.15) is 57.5 Å². The van der Waals surface area contributed by atoms with Gasteiger partial charge in [0.2, 0.25) is 0 Å². The van der Waals surface area contributed by atoms with Crippen LogP contribution in [0.4, 0.5) is 4.79 Å². The molecular formula is C16H25NO2S. The van der Waals surface area contributed by atoms with Crippen LogP contribution in [0.5, 0.6) is 0 Å². The summed E-state index contributed by atoms with van der Waals surface area (Å²) in [5.41, 5.74) is 0.968. The first-order chi connectivity index (χ1) is 9.28. The van der Waals surface area contributed by atoms with Crippen molar-refractivity contribution >= 4 is 17.4 Å². The van der Waals surface area contributed by atoms with Gasteiger partial charge in [0.1, 0.15) is 5.60 Å². The van der Waals surface area contributed by atoms with Gasteiger partial charge in [0, 0.05) is 11.4 Å². The molecule has 0 fully saturated rings. The Balaban J connectivity index is 2.21. The van der Waals surface area contributed by atoms with E-state index in [0.29, 0.717) is 5.92 Å². The minimum absolute atomic E-state index is 0.175. The van der Waals surface area contributed by atoms with Gasteiger partial charge in [-0.15, -0.1) is 11.3 Å². The molecule has 1 amide bonds. The number of hydrogen-bond acceptors (Lipinski definition) is 3. The Morgan fingerprint density at radius 2 is 2.20 bits per heavy atom. The second kappa shape index (κ2) is 5.76. The molecule has 20 heavy (non-hydrogen) atoms. The molecule has 0 aliphatic carbocycles. The van der Waals surface area contributed by atoms with Crippen LogP contribution in [-0.4, -0.2) is 23.1 Å². The average Bonchev–Trinajstić information content (AvgIpc) is 2.74. The molecule has 0 spiro atoms. The molecule has 0 radical (unpaired) electrons. The van der Waals surface area contributed by atoms with Gasteiger partial charge in [-0.05, 0) is 56.5 Å². The van der Waals surface area contributed by atoms with Crippen molar-refractivity contribution in [2.75, 3.05) is 6.54 Å². The maximum atomic E-state index is 12.4. The third-order valence-electron chi connectivity index (χ3n) is 3.40. The second-order valence-corrected chi connectivity index (χ2v) is 7.83. The number of amides is 1. The van der Waals surface area contributed by atoms with E-state index in [4.69, 9.17) is 4.74 Å². The molecule has 1 aliphatic heterocycles. The Morgan fingerprint density at radius 1 is 1.50 bits per heavy atom. The van der Waals surface area contributed by atoms with Gasteiger partial charge in [-0.3, -0.25) is 4.90 Å². The first kappa shape index (κ1) is 15.4. The van der Waals surface area contributed by atoms with Crippen LogP contribution in [0, 0.1) is 5.92 Å². The quantitative estimate of drug-likeness (QED) is 0.796. The van der Waals surface area contributed by atoms with Crippen molar-refractivity contribution < 1.29 is 9.53 Å². The zero-order valence-electron chi connectivity index (χ0n) is 13.1. The Kier molecular flexibility index (Phi) is 4.43. The molecule has 1 aromatic heterocycles. The predicted octanol–water partition coefficient (Wildman–Crippen LogP) is 4.63. The SMILES string of the molecule is CC(C)CC1c2sccc2CCN1C(=O)OC(C)(C)C. The molecule has 1 atom stereocenters. The Labute approximate surface area is 125 Å². The van der Waals surface area contributed by atoms with E-state index in [9.17, 15) is 4.79 Å². The van der Waals surface area contributed by atoms with Crippen LogP contribution < -0.4 is 0 Å². The fraction of sp³-hybridized carbons (Fsp3) is 0.688. The molecular weight excluding hydrogens is 270 g/mol. The lowest BCUT2D eigenvalue weighted by molar-refractivity contribution is 0.0125. The molecule has 1 aromatic rings. The van der Waals surface area contributed by atoms with Crippen molar-refractivity contribution in [1.82, 2.24) is 4.90 Å². The molecule has 4 heteroatoms. The number of carbonyl (C=O) groups is 1. The lowest BCUT2D eigenvalue weighted by Crippen LogP contribution is -2.43. The molecule has 0 saturated carbocycles. The Hall–Kier alpha value is -1.03. The standard InChI is InChI=1S/C16H25NO2S/c1-11(2)10-13-14-12(7-9-20-14)6-8-17(13)15(18)19-16(3,4)5/h7,9,11,13H,6,8,10H2,1-5H3. The minimum atomic E-state index is -0.435. The maximum Gasteiger partial charge on any atom is 0.410 e. The summed E-state index contributed by atoms with van der Waals surface area (Å²) < 4.78 is 5.57. The molecule has 3 nitrogen and oxygen atoms in total. The third-order valence-corrected chi connectivity index (χ3v) is 4.46. The average molecular weight is 295 g/mol. The molecule has 0 N–H and O–H groups in total. The number of ether oxygens (including phenoxy) is 1. The Bertz CT molecular complexity index is 473. The number of fused-ring (bicyclic) bond motifs is 1. The van der Waals surface area contributed by atoms with Gasteiger partial charge in [-0.2, -0.15) is 0 Å². The van der Waals surface area contributed by atoms with E-state index < -0.39 is 5.60 Å². The van der Waals surface area contributed by atoms with Gasteiger partial charge in [0.15, 0.2) is 0 Å². The van der Waals surface area contributed by atoms with Gasteiger partial charge in [-0.25, -0.2) is 4.79 Å². The highest BCUT2D eigenvalue weighted by atomic mass is 32.1. The Morgan fingerprint density at radius 3 is 2.80 bits per heavy atom. The van der Waals surface area contributed by atoms with Gasteiger partial charge in [-0.1, -0.05) is 13.8 Å². The van der Waals surface area contributed by atoms with Crippen LogP contribution in [0.2, 0.25) is 0 Å². The zero-order valence-corrected chi connectivity index (χ0v) is 13.9. The summed E-state index contributed by atoms with van der Waals surface area (Å²) >= 11 is 1.77. The van der Waals surface area contributed by atoms with E-state index in [1.165, 1.54) is 10.4 Å². The van der Waals surface area contributed by atoms with E-state index in [-0.39, 0.29) is 12.1 Å². The van der Waals surface area contributed by atoms with Gasteiger partial charge < -0.3 is 4.74 Å². The maximum absolute atomic E-state index is 12.4. The normalized spacial score (nSPS) is 19.1. The fourth-order valence-corrected chi connectivity index (χ4v) is 3.69. The van der Waals surface area contributed by atoms with Gasteiger partial charge >= 0.3 is 6.09 Å². The largest absolute Gasteiger partial charge is 0.444 e. The van der Waals surface area contributed by atoms with Gasteiger partial charge in [0.05, 0.1) is 6.04 Å². The highest BCUT2D eigenvalue weighted by Gasteiger charge is 2.34. The van der Waals surface area contributed by atoms with Crippen LogP contribution in [0.3, 0.4) is 0 Å². The predicted molar refractivity (Wildman–Crippen MR) is 83.2 cm³/mol. The summed E-state index contributed by atoms with van der Waals surface area (Å²) in [5, 5.41) is 2.14. The first-order valence-corrected chi connectivity index (χ1v) is 8.22. The third kappa shape index (κ3) is 3.54. The number of carbonyl (C=O) groups excluding carboxylic acids is 1. The van der Waals surface area contributed by atoms with E-state index in [1.54, 1.807) is 11.3 Å². The summed E-state index contributed by atoms with van der Waals surface area (Å²) in [7, 11) is 0. The molecule has 0 aromatic carbocycles. The van der Waals surface area contributed by atoms with Crippen molar-refractivity contribution in [3.05, 3.63) is 21.9 Å². The first-order valence-electron chi connectivity index (χ1n) is 7.34. The zero-order chi connectivity index (χ0) is 14.9. The van der Waals surface area contributed by atoms with Crippen LogP contribution in [0.15, 0.2) is 11.4 Å². The number of hydrogen-bond donors (Lipinski definition) is 0. The van der Waals surface area contributed by atoms with E-state index in [2.05, 4.69) is 25.3 Å². The lowest BCUT2D eigenvalue weighted by atomic mass is 9.94. The van der Waals surface area contributed by atoms with Crippen molar-refractivity contribution in [1.29, 1.82) is 0 Å². The molecule has 1 aliphatic rings. The monoisotopic (exact) mass is 295 g/mol. The summed E-state index contributed by atoms with van der Waals surface area (Å²) in [6, 6.07) is 2.37. The van der Waals surface area contributed by atoms with Crippen LogP contribution >= 0.6 is 11.3 Å². The highest BCUT2D eigenvalue weighted by Crippen LogP contribution is 2.38. The number of thiophene rings is 1. The van der Waals surface area contributed by atoms with Crippen molar-refractivity contribution in [3.8, 4) is 0 Å². The van der Waals surface area contributed by atoms with E-state index in [0.717, 1.165) is 19.4 Å². The number of nitrogens with zero attached hydrogens (tertiary/aromatic N) is 1. The summed E-state index contributed by atoms with van der Waals surface area (Å²) in [6.45, 7) is 10.9. The molecule has 2 rings (SSSR count). The van der Waals surface area contributed by atoms with Crippen LogP contribution in [-0.2, 0) is 11.2 Å². The molecule has 1 unspecified atom stereocenters. The summed E-state index contributed by atoms with van der Waals surface area (Å²) in [5.74, 6) is 0.554. The molecule has 112 valence electrons. The topological polar surface area (TPSA) is 29.5 Å². The second-order valence-electron chi connectivity index (χ2n) is 6.88. The smallest absolute Gasteiger partial charge is 0.410 e. The molecule has 2 heterocycles.